The third kappa shape index (κ3) is 6.12. The summed E-state index contributed by atoms with van der Waals surface area (Å²) < 4.78 is 0. The zero-order chi connectivity index (χ0) is 23.2. The van der Waals surface area contributed by atoms with Gasteiger partial charge >= 0.3 is 0 Å². The lowest BCUT2D eigenvalue weighted by atomic mass is 10.2. The van der Waals surface area contributed by atoms with Gasteiger partial charge in [-0.15, -0.1) is 0 Å². The smallest absolute Gasteiger partial charge is 0.247 e. The molecule has 7 nitrogen and oxygen atoms in total. The van der Waals surface area contributed by atoms with Crippen molar-refractivity contribution in [2.24, 2.45) is 0 Å². The van der Waals surface area contributed by atoms with Crippen LogP contribution < -0.4 is 15.5 Å². The van der Waals surface area contributed by atoms with Gasteiger partial charge in [0, 0.05) is 59.9 Å². The molecule has 3 aromatic rings. The van der Waals surface area contributed by atoms with E-state index in [-0.39, 0.29) is 5.91 Å². The fourth-order valence-corrected chi connectivity index (χ4v) is 4.29. The van der Waals surface area contributed by atoms with Gasteiger partial charge in [0.25, 0.3) is 0 Å². The van der Waals surface area contributed by atoms with Crippen LogP contribution in [-0.2, 0) is 4.79 Å². The Hall–Kier alpha value is -3.36. The minimum Gasteiger partial charge on any atom is -0.369 e. The summed E-state index contributed by atoms with van der Waals surface area (Å²) in [6.07, 6.45) is 3.08. The van der Waals surface area contributed by atoms with Crippen molar-refractivity contribution in [1.29, 1.82) is 0 Å². The van der Waals surface area contributed by atoms with Crippen LogP contribution in [0, 0.1) is 6.92 Å². The van der Waals surface area contributed by atoms with Crippen LogP contribution in [0.25, 0.3) is 0 Å². The molecule has 1 aliphatic heterocycles. The molecule has 0 spiro atoms. The number of aryl methyl sites for hydroxylation is 1. The summed E-state index contributed by atoms with van der Waals surface area (Å²) in [5, 5.41) is 6.94. The van der Waals surface area contributed by atoms with Gasteiger partial charge in [-0.25, -0.2) is 9.97 Å². The molecule has 0 unspecified atom stereocenters. The van der Waals surface area contributed by atoms with Crippen LogP contribution >= 0.6 is 11.8 Å². The molecular formula is C25H28N6OS. The maximum atomic E-state index is 11.4. The number of nitrogens with zero attached hydrogens (tertiary/aromatic N) is 4. The van der Waals surface area contributed by atoms with Crippen molar-refractivity contribution < 1.29 is 4.79 Å². The van der Waals surface area contributed by atoms with Crippen molar-refractivity contribution in [2.75, 3.05) is 48.8 Å². The fraction of sp³-hybridized carbons (Fsp3) is 0.240. The molecule has 1 amide bonds. The Bertz CT molecular complexity index is 1110. The maximum absolute atomic E-state index is 11.4. The van der Waals surface area contributed by atoms with Gasteiger partial charge in [0.2, 0.25) is 11.9 Å². The SMILES string of the molecule is C=CC(=O)Nc1ccc(Sc2nc(Nc3ccc(N4CCN(C)CC4)cc3)ncc2C)cc1. The molecule has 2 N–H and O–H groups in total. The van der Waals surface area contributed by atoms with E-state index >= 15 is 0 Å². The highest BCUT2D eigenvalue weighted by molar-refractivity contribution is 7.99. The summed E-state index contributed by atoms with van der Waals surface area (Å²) in [7, 11) is 2.16. The fourth-order valence-electron chi connectivity index (χ4n) is 3.45. The first-order valence-corrected chi connectivity index (χ1v) is 11.7. The van der Waals surface area contributed by atoms with Crippen LogP contribution in [0.3, 0.4) is 0 Å². The summed E-state index contributed by atoms with van der Waals surface area (Å²) in [4.78, 5) is 26.4. The topological polar surface area (TPSA) is 73.4 Å². The molecule has 0 atom stereocenters. The Morgan fingerprint density at radius 3 is 2.36 bits per heavy atom. The number of hydrogen-bond acceptors (Lipinski definition) is 7. The second kappa shape index (κ2) is 10.5. The molecular weight excluding hydrogens is 432 g/mol. The molecule has 0 saturated carbocycles. The number of piperazine rings is 1. The number of carbonyl (C=O) groups is 1. The van der Waals surface area contributed by atoms with Crippen LogP contribution in [0.15, 0.2) is 77.3 Å². The first-order valence-electron chi connectivity index (χ1n) is 10.9. The normalized spacial score (nSPS) is 14.1. The molecule has 2 aromatic carbocycles. The molecule has 1 fully saturated rings. The second-order valence-electron chi connectivity index (χ2n) is 7.96. The van der Waals surface area contributed by atoms with Gasteiger partial charge in [-0.1, -0.05) is 18.3 Å². The molecule has 1 aromatic heterocycles. The average Bonchev–Trinajstić information content (AvgIpc) is 2.83. The van der Waals surface area contributed by atoms with E-state index < -0.39 is 0 Å². The van der Waals surface area contributed by atoms with Crippen molar-refractivity contribution in [1.82, 2.24) is 14.9 Å². The maximum Gasteiger partial charge on any atom is 0.247 e. The Morgan fingerprint density at radius 2 is 1.70 bits per heavy atom. The van der Waals surface area contributed by atoms with E-state index in [9.17, 15) is 4.79 Å². The van der Waals surface area contributed by atoms with Crippen LogP contribution in [0.1, 0.15) is 5.56 Å². The summed E-state index contributed by atoms with van der Waals surface area (Å²) >= 11 is 1.56. The quantitative estimate of drug-likeness (QED) is 0.396. The molecule has 0 bridgehead atoms. The van der Waals surface area contributed by atoms with E-state index in [1.165, 1.54) is 11.8 Å². The van der Waals surface area contributed by atoms with Gasteiger partial charge in [-0.05, 0) is 68.6 Å². The summed E-state index contributed by atoms with van der Waals surface area (Å²) in [5.41, 5.74) is 3.92. The first-order chi connectivity index (χ1) is 16.0. The Balaban J connectivity index is 1.41. The van der Waals surface area contributed by atoms with Gasteiger partial charge in [-0.2, -0.15) is 0 Å². The van der Waals surface area contributed by atoms with E-state index in [4.69, 9.17) is 4.98 Å². The Kier molecular flexibility index (Phi) is 7.26. The monoisotopic (exact) mass is 460 g/mol. The lowest BCUT2D eigenvalue weighted by Crippen LogP contribution is -2.44. The molecule has 0 radical (unpaired) electrons. The minimum atomic E-state index is -0.227. The largest absolute Gasteiger partial charge is 0.369 e. The van der Waals surface area contributed by atoms with E-state index in [2.05, 4.69) is 63.3 Å². The molecule has 0 aliphatic carbocycles. The first kappa shape index (κ1) is 22.8. The molecule has 1 saturated heterocycles. The number of aromatic nitrogens is 2. The zero-order valence-electron chi connectivity index (χ0n) is 18.9. The standard InChI is InChI=1S/C25H28N6OS/c1-4-23(32)27-19-7-11-22(12-8-19)33-24-18(2)17-26-25(29-24)28-20-5-9-21(10-6-20)31-15-13-30(3)14-16-31/h4-12,17H,1,13-16H2,2-3H3,(H,27,32)(H,26,28,29). The summed E-state index contributed by atoms with van der Waals surface area (Å²) in [6.45, 7) is 9.73. The predicted octanol–water partition coefficient (Wildman–Crippen LogP) is 4.56. The molecule has 1 aliphatic rings. The summed E-state index contributed by atoms with van der Waals surface area (Å²) in [5.74, 6) is 0.333. The highest BCUT2D eigenvalue weighted by atomic mass is 32.2. The van der Waals surface area contributed by atoms with Crippen molar-refractivity contribution in [3.05, 3.63) is 72.9 Å². The number of benzene rings is 2. The van der Waals surface area contributed by atoms with Crippen molar-refractivity contribution in [3.8, 4) is 0 Å². The van der Waals surface area contributed by atoms with Crippen molar-refractivity contribution >= 4 is 40.7 Å². The number of anilines is 4. The lowest BCUT2D eigenvalue weighted by molar-refractivity contribution is -0.111. The number of hydrogen-bond donors (Lipinski definition) is 2. The predicted molar refractivity (Wildman–Crippen MR) is 136 cm³/mol. The van der Waals surface area contributed by atoms with E-state index in [0.29, 0.717) is 5.95 Å². The van der Waals surface area contributed by atoms with Gasteiger partial charge < -0.3 is 20.4 Å². The number of likely N-dealkylation sites (N-methyl/N-ethyl adjacent to an activating group) is 1. The van der Waals surface area contributed by atoms with E-state index in [0.717, 1.165) is 53.0 Å². The van der Waals surface area contributed by atoms with Gasteiger partial charge in [0.15, 0.2) is 0 Å². The highest BCUT2D eigenvalue weighted by Gasteiger charge is 2.14. The highest BCUT2D eigenvalue weighted by Crippen LogP contribution is 2.30. The molecule has 4 rings (SSSR count). The number of carbonyl (C=O) groups excluding carboxylic acids is 1. The van der Waals surface area contributed by atoms with Crippen molar-refractivity contribution in [3.63, 3.8) is 0 Å². The molecule has 8 heteroatoms. The minimum absolute atomic E-state index is 0.227. The third-order valence-corrected chi connectivity index (χ3v) is 6.55. The van der Waals surface area contributed by atoms with Crippen molar-refractivity contribution in [2.45, 2.75) is 16.8 Å². The van der Waals surface area contributed by atoms with Gasteiger partial charge in [0.1, 0.15) is 5.03 Å². The van der Waals surface area contributed by atoms with Crippen LogP contribution in [0.5, 0.6) is 0 Å². The molecule has 33 heavy (non-hydrogen) atoms. The van der Waals surface area contributed by atoms with Gasteiger partial charge in [0.05, 0.1) is 0 Å². The van der Waals surface area contributed by atoms with E-state index in [1.54, 1.807) is 11.8 Å². The van der Waals surface area contributed by atoms with E-state index in [1.807, 2.05) is 37.4 Å². The Morgan fingerprint density at radius 1 is 1.03 bits per heavy atom. The molecule has 170 valence electrons. The Labute approximate surface area is 198 Å². The van der Waals surface area contributed by atoms with Crippen LogP contribution in [0.4, 0.5) is 23.0 Å². The average molecular weight is 461 g/mol. The van der Waals surface area contributed by atoms with Gasteiger partial charge in [-0.3, -0.25) is 4.79 Å². The second-order valence-corrected chi connectivity index (χ2v) is 9.03. The molecule has 2 heterocycles. The van der Waals surface area contributed by atoms with Crippen LogP contribution in [-0.4, -0.2) is 54.0 Å². The number of rotatable bonds is 7. The lowest BCUT2D eigenvalue weighted by Gasteiger charge is -2.34. The zero-order valence-corrected chi connectivity index (χ0v) is 19.7. The number of nitrogens with one attached hydrogen (secondary N) is 2. The summed E-state index contributed by atoms with van der Waals surface area (Å²) in [6, 6.07) is 16.1. The van der Waals surface area contributed by atoms with Crippen LogP contribution in [0.2, 0.25) is 0 Å². The number of amides is 1. The third-order valence-electron chi connectivity index (χ3n) is 5.44.